The number of carbonyl (C=O) groups excluding carboxylic acids is 2. The largest absolute Gasteiger partial charge is 0.336 e. The van der Waals surface area contributed by atoms with Crippen LogP contribution in [-0.4, -0.2) is 62.1 Å². The number of halogens is 1. The van der Waals surface area contributed by atoms with E-state index in [1.54, 1.807) is 17.5 Å². The molecule has 4 aromatic rings. The minimum absolute atomic E-state index is 0.0115. The Labute approximate surface area is 254 Å². The molecule has 2 amide bonds. The maximum absolute atomic E-state index is 13.8. The van der Waals surface area contributed by atoms with E-state index in [0.29, 0.717) is 38.0 Å². The molecule has 0 N–H and O–H groups in total. The van der Waals surface area contributed by atoms with Crippen LogP contribution in [0.1, 0.15) is 62.5 Å². The first kappa shape index (κ1) is 29.2. The Balaban J connectivity index is 1.46. The average molecular weight is 635 g/mol. The molecule has 1 unspecified atom stereocenters. The van der Waals surface area contributed by atoms with Crippen LogP contribution in [-0.2, 0) is 11.2 Å². The predicted octanol–water partition coefficient (Wildman–Crippen LogP) is 7.24. The first-order chi connectivity index (χ1) is 19.9. The number of unbranched alkanes of at least 4 members (excludes halogenated alkanes) is 1. The molecule has 2 aromatic heterocycles. The summed E-state index contributed by atoms with van der Waals surface area (Å²) in [5.41, 5.74) is 4.51. The Hall–Kier alpha value is -3.30. The molecule has 214 valence electrons. The van der Waals surface area contributed by atoms with Gasteiger partial charge in [-0.15, -0.1) is 0 Å². The Morgan fingerprint density at radius 2 is 1.76 bits per heavy atom. The molecule has 0 spiro atoms. The summed E-state index contributed by atoms with van der Waals surface area (Å²) >= 11 is 5.12. The van der Waals surface area contributed by atoms with Crippen molar-refractivity contribution in [3.05, 3.63) is 76.5 Å². The SMILES string of the molecule is CCCCC(=O)N1CCN(C(=O)c2cnn(-c3nc(-c4ccc(Br)cc4)c(-c4ccccc4)s3)c2CCC)CC1C. The normalized spacial score (nSPS) is 15.4. The second-order valence-corrected chi connectivity index (χ2v) is 12.4. The van der Waals surface area contributed by atoms with Gasteiger partial charge in [0, 0.05) is 42.1 Å². The molecule has 2 aromatic carbocycles. The third-order valence-electron chi connectivity index (χ3n) is 7.52. The van der Waals surface area contributed by atoms with Gasteiger partial charge in [0.25, 0.3) is 5.91 Å². The molecule has 1 saturated heterocycles. The fourth-order valence-corrected chi connectivity index (χ4v) is 6.68. The fraction of sp³-hybridized carbons (Fsp3) is 0.375. The number of nitrogens with zero attached hydrogens (tertiary/aromatic N) is 5. The molecule has 41 heavy (non-hydrogen) atoms. The second-order valence-electron chi connectivity index (χ2n) is 10.5. The van der Waals surface area contributed by atoms with E-state index in [2.05, 4.69) is 54.0 Å². The van der Waals surface area contributed by atoms with Crippen LogP contribution in [0.3, 0.4) is 0 Å². The standard InChI is InChI=1S/C32H36BrN5O2S/c1-4-6-13-28(39)37-19-18-36(21-22(37)3)31(40)26-20-34-38(27(26)10-5-2)32-35-29(23-14-16-25(33)17-15-23)30(41-32)24-11-8-7-9-12-24/h7-9,11-12,14-17,20,22H,4-6,10,13,18-19,21H2,1-3H3. The molecule has 0 aliphatic carbocycles. The summed E-state index contributed by atoms with van der Waals surface area (Å²) in [6.45, 7) is 7.85. The molecule has 5 rings (SSSR count). The van der Waals surface area contributed by atoms with Gasteiger partial charge in [0.1, 0.15) is 0 Å². The molecule has 0 radical (unpaired) electrons. The smallest absolute Gasteiger partial charge is 0.257 e. The summed E-state index contributed by atoms with van der Waals surface area (Å²) in [6.07, 6.45) is 5.75. The molecule has 7 nitrogen and oxygen atoms in total. The van der Waals surface area contributed by atoms with Crippen molar-refractivity contribution < 1.29 is 9.59 Å². The van der Waals surface area contributed by atoms with Crippen molar-refractivity contribution in [2.24, 2.45) is 0 Å². The monoisotopic (exact) mass is 633 g/mol. The van der Waals surface area contributed by atoms with Crippen LogP contribution in [0.15, 0.2) is 65.3 Å². The first-order valence-corrected chi connectivity index (χ1v) is 16.0. The Morgan fingerprint density at radius 1 is 1.00 bits per heavy atom. The maximum atomic E-state index is 13.8. The number of benzene rings is 2. The molecule has 3 heterocycles. The fourth-order valence-electron chi connectivity index (χ4n) is 5.34. The number of carbonyl (C=O) groups is 2. The van der Waals surface area contributed by atoms with Crippen LogP contribution in [0.4, 0.5) is 0 Å². The summed E-state index contributed by atoms with van der Waals surface area (Å²) in [4.78, 5) is 36.4. The predicted molar refractivity (Wildman–Crippen MR) is 168 cm³/mol. The second kappa shape index (κ2) is 13.1. The minimum Gasteiger partial charge on any atom is -0.336 e. The summed E-state index contributed by atoms with van der Waals surface area (Å²) in [6, 6.07) is 18.4. The molecule has 0 bridgehead atoms. The van der Waals surface area contributed by atoms with E-state index in [-0.39, 0.29) is 17.9 Å². The van der Waals surface area contributed by atoms with Gasteiger partial charge in [0.2, 0.25) is 11.0 Å². The number of hydrogen-bond donors (Lipinski definition) is 0. The molecule has 1 aliphatic heterocycles. The van der Waals surface area contributed by atoms with Crippen LogP contribution in [0.5, 0.6) is 0 Å². The lowest BCUT2D eigenvalue weighted by Crippen LogP contribution is -2.55. The van der Waals surface area contributed by atoms with Gasteiger partial charge >= 0.3 is 0 Å². The van der Waals surface area contributed by atoms with Crippen LogP contribution >= 0.6 is 27.3 Å². The van der Waals surface area contributed by atoms with Crippen molar-refractivity contribution in [1.29, 1.82) is 0 Å². The van der Waals surface area contributed by atoms with E-state index >= 15 is 0 Å². The van der Waals surface area contributed by atoms with Gasteiger partial charge in [0.05, 0.1) is 28.0 Å². The third-order valence-corrected chi connectivity index (χ3v) is 9.12. The molecular weight excluding hydrogens is 598 g/mol. The van der Waals surface area contributed by atoms with Gasteiger partial charge in [-0.05, 0) is 37.5 Å². The Kier molecular flexibility index (Phi) is 9.35. The van der Waals surface area contributed by atoms with Crippen molar-refractivity contribution in [3.8, 4) is 26.8 Å². The highest BCUT2D eigenvalue weighted by atomic mass is 79.9. The number of amides is 2. The zero-order valence-electron chi connectivity index (χ0n) is 23.8. The molecule has 9 heteroatoms. The molecule has 1 aliphatic rings. The van der Waals surface area contributed by atoms with Crippen molar-refractivity contribution >= 4 is 39.1 Å². The summed E-state index contributed by atoms with van der Waals surface area (Å²) < 4.78 is 2.86. The van der Waals surface area contributed by atoms with Gasteiger partial charge < -0.3 is 9.80 Å². The molecule has 1 fully saturated rings. The zero-order valence-corrected chi connectivity index (χ0v) is 26.2. The third kappa shape index (κ3) is 6.31. The van der Waals surface area contributed by atoms with E-state index in [4.69, 9.17) is 10.1 Å². The highest BCUT2D eigenvalue weighted by molar-refractivity contribution is 9.10. The number of thiazole rings is 1. The number of hydrogen-bond acceptors (Lipinski definition) is 5. The molecular formula is C32H36BrN5O2S. The summed E-state index contributed by atoms with van der Waals surface area (Å²) in [7, 11) is 0. The topological polar surface area (TPSA) is 71.3 Å². The van der Waals surface area contributed by atoms with E-state index in [0.717, 1.165) is 56.3 Å². The summed E-state index contributed by atoms with van der Waals surface area (Å²) in [5.74, 6) is 0.158. The van der Waals surface area contributed by atoms with Gasteiger partial charge in [-0.25, -0.2) is 9.67 Å². The quantitative estimate of drug-likeness (QED) is 0.195. The van der Waals surface area contributed by atoms with E-state index in [1.165, 1.54) is 0 Å². The highest BCUT2D eigenvalue weighted by Gasteiger charge is 2.32. The van der Waals surface area contributed by atoms with Crippen molar-refractivity contribution in [1.82, 2.24) is 24.6 Å². The van der Waals surface area contributed by atoms with Crippen LogP contribution in [0.25, 0.3) is 26.8 Å². The summed E-state index contributed by atoms with van der Waals surface area (Å²) in [5, 5.41) is 5.46. The van der Waals surface area contributed by atoms with Crippen molar-refractivity contribution in [2.75, 3.05) is 19.6 Å². The highest BCUT2D eigenvalue weighted by Crippen LogP contribution is 2.39. The number of aromatic nitrogens is 3. The van der Waals surface area contributed by atoms with Crippen molar-refractivity contribution in [2.45, 2.75) is 58.9 Å². The lowest BCUT2D eigenvalue weighted by atomic mass is 10.1. The van der Waals surface area contributed by atoms with Crippen LogP contribution in [0.2, 0.25) is 0 Å². The van der Waals surface area contributed by atoms with Gasteiger partial charge in [0.15, 0.2) is 0 Å². The van der Waals surface area contributed by atoms with Crippen molar-refractivity contribution in [3.63, 3.8) is 0 Å². The molecule has 1 atom stereocenters. The van der Waals surface area contributed by atoms with E-state index in [1.807, 2.05) is 51.7 Å². The minimum atomic E-state index is -0.0276. The molecule has 0 saturated carbocycles. The first-order valence-electron chi connectivity index (χ1n) is 14.4. The number of piperazine rings is 1. The van der Waals surface area contributed by atoms with Gasteiger partial charge in [-0.1, -0.05) is 96.4 Å². The maximum Gasteiger partial charge on any atom is 0.257 e. The average Bonchev–Trinajstić information content (AvgIpc) is 3.61. The lowest BCUT2D eigenvalue weighted by Gasteiger charge is -2.40. The van der Waals surface area contributed by atoms with Crippen LogP contribution < -0.4 is 0 Å². The zero-order chi connectivity index (χ0) is 28.9. The van der Waals surface area contributed by atoms with Gasteiger partial charge in [-0.2, -0.15) is 5.10 Å². The van der Waals surface area contributed by atoms with Crippen LogP contribution in [0, 0.1) is 0 Å². The Bertz CT molecular complexity index is 1500. The lowest BCUT2D eigenvalue weighted by molar-refractivity contribution is -0.135. The van der Waals surface area contributed by atoms with E-state index in [9.17, 15) is 9.59 Å². The number of rotatable bonds is 9. The Morgan fingerprint density at radius 3 is 2.44 bits per heavy atom. The van der Waals surface area contributed by atoms with Gasteiger partial charge in [-0.3, -0.25) is 9.59 Å². The van der Waals surface area contributed by atoms with E-state index < -0.39 is 0 Å².